The van der Waals surface area contributed by atoms with Crippen LogP contribution >= 0.6 is 11.6 Å². The SMILES string of the molecule is Cc1cccc(C(=O)NC2CCC(CO)CC2)c1Cl. The molecule has 1 fully saturated rings. The predicted octanol–water partition coefficient (Wildman–Crippen LogP) is 2.93. The van der Waals surface area contributed by atoms with Crippen molar-refractivity contribution in [2.75, 3.05) is 6.61 Å². The molecule has 19 heavy (non-hydrogen) atoms. The first-order chi connectivity index (χ1) is 9.11. The third kappa shape index (κ3) is 3.48. The molecular formula is C15H20ClNO2. The Hall–Kier alpha value is -1.06. The molecule has 1 aliphatic rings. The summed E-state index contributed by atoms with van der Waals surface area (Å²) >= 11 is 6.16. The molecule has 1 saturated carbocycles. The van der Waals surface area contributed by atoms with E-state index in [0.717, 1.165) is 31.2 Å². The van der Waals surface area contributed by atoms with Gasteiger partial charge in [-0.1, -0.05) is 23.7 Å². The van der Waals surface area contributed by atoms with Gasteiger partial charge in [-0.05, 0) is 50.2 Å². The molecule has 0 heterocycles. The van der Waals surface area contributed by atoms with Gasteiger partial charge >= 0.3 is 0 Å². The summed E-state index contributed by atoms with van der Waals surface area (Å²) in [6.07, 6.45) is 3.81. The van der Waals surface area contributed by atoms with E-state index < -0.39 is 0 Å². The van der Waals surface area contributed by atoms with E-state index in [1.54, 1.807) is 6.07 Å². The van der Waals surface area contributed by atoms with Crippen molar-refractivity contribution in [1.82, 2.24) is 5.32 Å². The maximum atomic E-state index is 12.2. The number of hydrogen-bond acceptors (Lipinski definition) is 2. The van der Waals surface area contributed by atoms with Crippen LogP contribution in [-0.4, -0.2) is 23.7 Å². The van der Waals surface area contributed by atoms with Crippen LogP contribution in [0, 0.1) is 12.8 Å². The lowest BCUT2D eigenvalue weighted by Crippen LogP contribution is -2.38. The molecule has 1 aliphatic carbocycles. The van der Waals surface area contributed by atoms with Crippen molar-refractivity contribution in [1.29, 1.82) is 0 Å². The number of aliphatic hydroxyl groups excluding tert-OH is 1. The van der Waals surface area contributed by atoms with Crippen LogP contribution in [0.4, 0.5) is 0 Å². The van der Waals surface area contributed by atoms with Gasteiger partial charge in [0, 0.05) is 12.6 Å². The summed E-state index contributed by atoms with van der Waals surface area (Å²) < 4.78 is 0. The quantitative estimate of drug-likeness (QED) is 0.895. The number of carbonyl (C=O) groups excluding carboxylic acids is 1. The Labute approximate surface area is 119 Å². The van der Waals surface area contributed by atoms with Gasteiger partial charge in [-0.3, -0.25) is 4.79 Å². The number of rotatable bonds is 3. The minimum atomic E-state index is -0.0962. The van der Waals surface area contributed by atoms with E-state index in [2.05, 4.69) is 5.32 Å². The zero-order valence-corrected chi connectivity index (χ0v) is 11.9. The Morgan fingerprint density at radius 2 is 2.05 bits per heavy atom. The highest BCUT2D eigenvalue weighted by Gasteiger charge is 2.23. The highest BCUT2D eigenvalue weighted by atomic mass is 35.5. The molecule has 0 radical (unpaired) electrons. The molecule has 1 amide bonds. The van der Waals surface area contributed by atoms with Gasteiger partial charge in [0.05, 0.1) is 10.6 Å². The van der Waals surface area contributed by atoms with E-state index in [9.17, 15) is 4.79 Å². The zero-order valence-electron chi connectivity index (χ0n) is 11.2. The van der Waals surface area contributed by atoms with Gasteiger partial charge in [0.1, 0.15) is 0 Å². The number of aryl methyl sites for hydroxylation is 1. The number of hydrogen-bond donors (Lipinski definition) is 2. The van der Waals surface area contributed by atoms with E-state index in [1.165, 1.54) is 0 Å². The molecule has 2 N–H and O–H groups in total. The van der Waals surface area contributed by atoms with Gasteiger partial charge < -0.3 is 10.4 Å². The maximum absolute atomic E-state index is 12.2. The van der Waals surface area contributed by atoms with Gasteiger partial charge in [-0.25, -0.2) is 0 Å². The molecule has 104 valence electrons. The van der Waals surface area contributed by atoms with Gasteiger partial charge in [0.15, 0.2) is 0 Å². The number of carbonyl (C=O) groups is 1. The monoisotopic (exact) mass is 281 g/mol. The maximum Gasteiger partial charge on any atom is 0.253 e. The van der Waals surface area contributed by atoms with Crippen molar-refractivity contribution >= 4 is 17.5 Å². The summed E-state index contributed by atoms with van der Waals surface area (Å²) in [4.78, 5) is 12.2. The molecular weight excluding hydrogens is 262 g/mol. The van der Waals surface area contributed by atoms with Crippen molar-refractivity contribution in [2.24, 2.45) is 5.92 Å². The van der Waals surface area contributed by atoms with E-state index in [4.69, 9.17) is 16.7 Å². The molecule has 0 bridgehead atoms. The molecule has 3 nitrogen and oxygen atoms in total. The number of benzene rings is 1. The van der Waals surface area contributed by atoms with Gasteiger partial charge in [0.25, 0.3) is 5.91 Å². The van der Waals surface area contributed by atoms with Crippen LogP contribution < -0.4 is 5.32 Å². The van der Waals surface area contributed by atoms with Crippen molar-refractivity contribution < 1.29 is 9.90 Å². The summed E-state index contributed by atoms with van der Waals surface area (Å²) in [7, 11) is 0. The average molecular weight is 282 g/mol. The third-order valence-corrected chi connectivity index (χ3v) is 4.38. The molecule has 0 aromatic heterocycles. The number of nitrogens with one attached hydrogen (secondary N) is 1. The third-order valence-electron chi connectivity index (χ3n) is 3.88. The number of halogens is 1. The smallest absolute Gasteiger partial charge is 0.253 e. The van der Waals surface area contributed by atoms with Crippen molar-refractivity contribution in [3.63, 3.8) is 0 Å². The fraction of sp³-hybridized carbons (Fsp3) is 0.533. The van der Waals surface area contributed by atoms with E-state index >= 15 is 0 Å². The summed E-state index contributed by atoms with van der Waals surface area (Å²) in [5, 5.41) is 12.7. The van der Waals surface area contributed by atoms with Crippen LogP contribution in [0.3, 0.4) is 0 Å². The van der Waals surface area contributed by atoms with Crippen molar-refractivity contribution in [3.05, 3.63) is 34.3 Å². The molecule has 4 heteroatoms. The second-order valence-electron chi connectivity index (χ2n) is 5.31. The number of amides is 1. The lowest BCUT2D eigenvalue weighted by molar-refractivity contribution is 0.0914. The van der Waals surface area contributed by atoms with E-state index in [0.29, 0.717) is 16.5 Å². The summed E-state index contributed by atoms with van der Waals surface area (Å²) in [5.41, 5.74) is 1.46. The van der Waals surface area contributed by atoms with Crippen LogP contribution in [0.2, 0.25) is 5.02 Å². The van der Waals surface area contributed by atoms with Gasteiger partial charge in [-0.2, -0.15) is 0 Å². The molecule has 0 atom stereocenters. The van der Waals surface area contributed by atoms with Gasteiger partial charge in [-0.15, -0.1) is 0 Å². The van der Waals surface area contributed by atoms with Gasteiger partial charge in [0.2, 0.25) is 0 Å². The minimum absolute atomic E-state index is 0.0962. The van der Waals surface area contributed by atoms with E-state index in [-0.39, 0.29) is 18.6 Å². The largest absolute Gasteiger partial charge is 0.396 e. The van der Waals surface area contributed by atoms with Crippen LogP contribution in [-0.2, 0) is 0 Å². The molecule has 0 spiro atoms. The second-order valence-corrected chi connectivity index (χ2v) is 5.69. The van der Waals surface area contributed by atoms with Crippen LogP contribution in [0.25, 0.3) is 0 Å². The Balaban J connectivity index is 1.96. The Morgan fingerprint density at radius 1 is 1.37 bits per heavy atom. The lowest BCUT2D eigenvalue weighted by atomic mass is 9.86. The molecule has 0 saturated heterocycles. The first-order valence-electron chi connectivity index (χ1n) is 6.78. The first-order valence-corrected chi connectivity index (χ1v) is 7.16. The molecule has 0 aliphatic heterocycles. The number of aliphatic hydroxyl groups is 1. The minimum Gasteiger partial charge on any atom is -0.396 e. The average Bonchev–Trinajstić information content (AvgIpc) is 2.42. The zero-order chi connectivity index (χ0) is 13.8. The second kappa shape index (κ2) is 6.40. The van der Waals surface area contributed by atoms with E-state index in [1.807, 2.05) is 19.1 Å². The Kier molecular flexibility index (Phi) is 4.83. The normalized spacial score (nSPS) is 23.1. The standard InChI is InChI=1S/C15H20ClNO2/c1-10-3-2-4-13(14(10)16)15(19)17-12-7-5-11(9-18)6-8-12/h2-4,11-12,18H,5-9H2,1H3,(H,17,19). The first kappa shape index (κ1) is 14.4. The summed E-state index contributed by atoms with van der Waals surface area (Å²) in [6.45, 7) is 2.15. The fourth-order valence-electron chi connectivity index (χ4n) is 2.58. The summed E-state index contributed by atoms with van der Waals surface area (Å²) in [6, 6.07) is 5.70. The molecule has 2 rings (SSSR count). The molecule has 0 unspecified atom stereocenters. The fourth-order valence-corrected chi connectivity index (χ4v) is 2.79. The Morgan fingerprint density at radius 3 is 2.68 bits per heavy atom. The van der Waals surface area contributed by atoms with Crippen molar-refractivity contribution in [3.8, 4) is 0 Å². The Bertz CT molecular complexity index is 453. The van der Waals surface area contributed by atoms with Crippen molar-refractivity contribution in [2.45, 2.75) is 38.6 Å². The predicted molar refractivity (Wildman–Crippen MR) is 76.5 cm³/mol. The van der Waals surface area contributed by atoms with Crippen LogP contribution in [0.1, 0.15) is 41.6 Å². The lowest BCUT2D eigenvalue weighted by Gasteiger charge is -2.28. The van der Waals surface area contributed by atoms with Crippen LogP contribution in [0.15, 0.2) is 18.2 Å². The highest BCUT2D eigenvalue weighted by Crippen LogP contribution is 2.25. The molecule has 1 aromatic carbocycles. The topological polar surface area (TPSA) is 49.3 Å². The molecule has 1 aromatic rings. The summed E-state index contributed by atoms with van der Waals surface area (Å²) in [5.74, 6) is 0.303. The highest BCUT2D eigenvalue weighted by molar-refractivity contribution is 6.34. The van der Waals surface area contributed by atoms with Crippen LogP contribution in [0.5, 0.6) is 0 Å².